The average Bonchev–Trinajstić information content (AvgIpc) is 3.34. The van der Waals surface area contributed by atoms with Crippen LogP contribution in [0, 0.1) is 11.3 Å². The number of allylic oxidation sites excluding steroid dienone is 1. The van der Waals surface area contributed by atoms with Crippen LogP contribution < -0.4 is 10.5 Å². The first kappa shape index (κ1) is 20.7. The molecule has 0 radical (unpaired) electrons. The molecule has 0 bridgehead atoms. The van der Waals surface area contributed by atoms with Crippen LogP contribution in [0.3, 0.4) is 0 Å². The summed E-state index contributed by atoms with van der Waals surface area (Å²) in [5.74, 6) is 0.378. The predicted molar refractivity (Wildman–Crippen MR) is 119 cm³/mol. The van der Waals surface area contributed by atoms with Crippen molar-refractivity contribution in [1.82, 2.24) is 19.6 Å². The van der Waals surface area contributed by atoms with Crippen molar-refractivity contribution >= 4 is 0 Å². The molecule has 2 aromatic heterocycles. The number of hydrogen-bond donors (Lipinski definition) is 1. The lowest BCUT2D eigenvalue weighted by atomic mass is 9.79. The fourth-order valence-corrected chi connectivity index (χ4v) is 3.92. The summed E-state index contributed by atoms with van der Waals surface area (Å²) >= 11 is 0. The number of nitrogens with two attached hydrogens (primary N) is 1. The van der Waals surface area contributed by atoms with Crippen molar-refractivity contribution in [3.8, 4) is 17.6 Å². The second-order valence-corrected chi connectivity index (χ2v) is 9.87. The zero-order valence-corrected chi connectivity index (χ0v) is 18.8. The van der Waals surface area contributed by atoms with Gasteiger partial charge < -0.3 is 10.5 Å². The molecule has 31 heavy (non-hydrogen) atoms. The van der Waals surface area contributed by atoms with E-state index in [0.717, 1.165) is 22.5 Å². The minimum absolute atomic E-state index is 0.127. The molecule has 4 rings (SSSR count). The van der Waals surface area contributed by atoms with Gasteiger partial charge in [0.15, 0.2) is 0 Å². The minimum atomic E-state index is -0.356. The van der Waals surface area contributed by atoms with Gasteiger partial charge in [-0.3, -0.25) is 0 Å². The number of ether oxygens (including phenoxy) is 1. The maximum Gasteiger partial charge on any atom is 0.224 e. The number of nitriles is 1. The summed E-state index contributed by atoms with van der Waals surface area (Å²) < 4.78 is 9.71. The summed E-state index contributed by atoms with van der Waals surface area (Å²) in [6.45, 7) is 12.6. The third-order valence-corrected chi connectivity index (χ3v) is 5.39. The van der Waals surface area contributed by atoms with Gasteiger partial charge in [-0.2, -0.15) is 15.5 Å². The Kier molecular flexibility index (Phi) is 4.69. The Morgan fingerprint density at radius 2 is 1.77 bits per heavy atom. The predicted octanol–water partition coefficient (Wildman–Crippen LogP) is 4.34. The highest BCUT2D eigenvalue weighted by Crippen LogP contribution is 2.48. The average molecular weight is 417 g/mol. The van der Waals surface area contributed by atoms with Gasteiger partial charge in [-0.25, -0.2) is 9.36 Å². The van der Waals surface area contributed by atoms with Crippen LogP contribution in [-0.4, -0.2) is 19.6 Å². The first-order valence-electron chi connectivity index (χ1n) is 10.3. The molecule has 0 fully saturated rings. The van der Waals surface area contributed by atoms with E-state index in [1.807, 2.05) is 41.2 Å². The molecule has 0 saturated carbocycles. The van der Waals surface area contributed by atoms with Gasteiger partial charge in [-0.1, -0.05) is 32.9 Å². The first-order valence-corrected chi connectivity index (χ1v) is 10.3. The Bertz CT molecular complexity index is 1180. The van der Waals surface area contributed by atoms with Gasteiger partial charge in [0.1, 0.15) is 11.6 Å². The number of benzene rings is 1. The van der Waals surface area contributed by atoms with Crippen molar-refractivity contribution < 1.29 is 4.74 Å². The standard InChI is InChI=1S/C24H28N6O/c1-23(2,3)20-19-18(15-8-10-16(11-9-15)29-13-7-12-27-29)17(14-25)21(26)31-22(19)30(28-20)24(4,5)6/h7-13,18H,26H2,1-6H3. The number of nitrogens with zero attached hydrogens (tertiary/aromatic N) is 5. The number of aromatic nitrogens is 4. The SMILES string of the molecule is CC(C)(C)c1nn(C(C)(C)C)c2c1C(c1ccc(-n3cccn3)cc1)C(C#N)=C(N)O2. The molecule has 0 amide bonds. The van der Waals surface area contributed by atoms with Crippen molar-refractivity contribution in [1.29, 1.82) is 5.26 Å². The van der Waals surface area contributed by atoms with Crippen LogP contribution in [0.4, 0.5) is 0 Å². The lowest BCUT2D eigenvalue weighted by Gasteiger charge is -2.29. The molecule has 3 aromatic rings. The van der Waals surface area contributed by atoms with E-state index in [9.17, 15) is 5.26 Å². The highest BCUT2D eigenvalue weighted by molar-refractivity contribution is 5.57. The first-order chi connectivity index (χ1) is 14.5. The molecule has 7 heteroatoms. The highest BCUT2D eigenvalue weighted by Gasteiger charge is 2.41. The van der Waals surface area contributed by atoms with E-state index in [2.05, 4.69) is 52.7 Å². The fraction of sp³-hybridized carbons (Fsp3) is 0.375. The molecular formula is C24H28N6O. The molecule has 1 aliphatic heterocycles. The Labute approximate surface area is 182 Å². The van der Waals surface area contributed by atoms with Crippen LogP contribution in [0.5, 0.6) is 5.88 Å². The largest absolute Gasteiger partial charge is 0.422 e. The van der Waals surface area contributed by atoms with E-state index in [0.29, 0.717) is 11.5 Å². The summed E-state index contributed by atoms with van der Waals surface area (Å²) in [6.07, 6.45) is 3.64. The summed E-state index contributed by atoms with van der Waals surface area (Å²) in [6, 6.07) is 12.2. The van der Waals surface area contributed by atoms with Gasteiger partial charge in [0.05, 0.1) is 28.4 Å². The highest BCUT2D eigenvalue weighted by atomic mass is 16.5. The zero-order chi connectivity index (χ0) is 22.6. The van der Waals surface area contributed by atoms with Crippen molar-refractivity contribution in [2.24, 2.45) is 5.73 Å². The Morgan fingerprint density at radius 1 is 1.10 bits per heavy atom. The molecule has 0 aliphatic carbocycles. The quantitative estimate of drug-likeness (QED) is 0.670. The monoisotopic (exact) mass is 416 g/mol. The lowest BCUT2D eigenvalue weighted by molar-refractivity contribution is 0.276. The van der Waals surface area contributed by atoms with Crippen molar-refractivity contribution in [3.63, 3.8) is 0 Å². The molecule has 0 spiro atoms. The molecule has 1 aromatic carbocycles. The topological polar surface area (TPSA) is 94.7 Å². The van der Waals surface area contributed by atoms with E-state index in [-0.39, 0.29) is 22.8 Å². The van der Waals surface area contributed by atoms with E-state index in [1.165, 1.54) is 0 Å². The van der Waals surface area contributed by atoms with Crippen LogP contribution >= 0.6 is 0 Å². The Morgan fingerprint density at radius 3 is 2.29 bits per heavy atom. The van der Waals surface area contributed by atoms with Crippen LogP contribution in [0.25, 0.3) is 5.69 Å². The molecule has 2 N–H and O–H groups in total. The molecule has 1 aliphatic rings. The summed E-state index contributed by atoms with van der Waals surface area (Å²) in [4.78, 5) is 0. The normalized spacial score (nSPS) is 16.6. The van der Waals surface area contributed by atoms with E-state index in [4.69, 9.17) is 15.6 Å². The van der Waals surface area contributed by atoms with Crippen molar-refractivity contribution in [2.75, 3.05) is 0 Å². The second kappa shape index (κ2) is 7.02. The molecule has 1 atom stereocenters. The maximum atomic E-state index is 9.97. The summed E-state index contributed by atoms with van der Waals surface area (Å²) in [5.41, 5.74) is 9.80. The molecular weight excluding hydrogens is 388 g/mol. The third kappa shape index (κ3) is 3.48. The Hall–Kier alpha value is -3.53. The zero-order valence-electron chi connectivity index (χ0n) is 18.8. The molecule has 160 valence electrons. The molecule has 3 heterocycles. The number of fused-ring (bicyclic) bond motifs is 1. The summed E-state index contributed by atoms with van der Waals surface area (Å²) in [5, 5.41) is 19.2. The van der Waals surface area contributed by atoms with Gasteiger partial charge in [-0.05, 0) is 44.5 Å². The van der Waals surface area contributed by atoms with E-state index in [1.54, 1.807) is 10.9 Å². The van der Waals surface area contributed by atoms with Gasteiger partial charge in [0, 0.05) is 17.8 Å². The summed E-state index contributed by atoms with van der Waals surface area (Å²) in [7, 11) is 0. The van der Waals surface area contributed by atoms with Gasteiger partial charge in [0.2, 0.25) is 11.8 Å². The lowest BCUT2D eigenvalue weighted by Crippen LogP contribution is -2.27. The van der Waals surface area contributed by atoms with Gasteiger partial charge in [-0.15, -0.1) is 0 Å². The minimum Gasteiger partial charge on any atom is -0.422 e. The van der Waals surface area contributed by atoms with Crippen LogP contribution in [0.1, 0.15) is 64.3 Å². The molecule has 0 saturated heterocycles. The van der Waals surface area contributed by atoms with E-state index < -0.39 is 0 Å². The Balaban J connectivity index is 1.95. The second-order valence-electron chi connectivity index (χ2n) is 9.87. The molecule has 1 unspecified atom stereocenters. The van der Waals surface area contributed by atoms with Gasteiger partial charge in [0.25, 0.3) is 0 Å². The molecule has 7 nitrogen and oxygen atoms in total. The van der Waals surface area contributed by atoms with Crippen LogP contribution in [0.15, 0.2) is 54.2 Å². The van der Waals surface area contributed by atoms with Crippen molar-refractivity contribution in [3.05, 3.63) is 71.0 Å². The van der Waals surface area contributed by atoms with Crippen LogP contribution in [-0.2, 0) is 11.0 Å². The smallest absolute Gasteiger partial charge is 0.224 e. The third-order valence-electron chi connectivity index (χ3n) is 5.39. The maximum absolute atomic E-state index is 9.97. The van der Waals surface area contributed by atoms with Crippen molar-refractivity contribution in [2.45, 2.75) is 58.4 Å². The number of hydrogen-bond acceptors (Lipinski definition) is 5. The van der Waals surface area contributed by atoms with Crippen LogP contribution in [0.2, 0.25) is 0 Å². The number of rotatable bonds is 2. The fourth-order valence-electron chi connectivity index (χ4n) is 3.92. The van der Waals surface area contributed by atoms with Gasteiger partial charge >= 0.3 is 0 Å². The van der Waals surface area contributed by atoms with E-state index >= 15 is 0 Å².